The minimum atomic E-state index is -0.0474. The van der Waals surface area contributed by atoms with Gasteiger partial charge in [-0.05, 0) is 43.4 Å². The molecule has 0 heterocycles. The van der Waals surface area contributed by atoms with Gasteiger partial charge in [-0.2, -0.15) is 0 Å². The molecule has 0 aromatic heterocycles. The average Bonchev–Trinajstić information content (AvgIpc) is 2.85. The van der Waals surface area contributed by atoms with E-state index in [0.717, 1.165) is 12.8 Å². The quantitative estimate of drug-likeness (QED) is 0.556. The van der Waals surface area contributed by atoms with Crippen molar-refractivity contribution < 1.29 is 9.90 Å². The molecule has 0 saturated heterocycles. The zero-order chi connectivity index (χ0) is 15.6. The van der Waals surface area contributed by atoms with Crippen LogP contribution in [0.1, 0.15) is 54.4 Å². The molecule has 0 aliphatic heterocycles. The van der Waals surface area contributed by atoms with E-state index in [0.29, 0.717) is 12.5 Å². The van der Waals surface area contributed by atoms with Crippen LogP contribution in [0.5, 0.6) is 0 Å². The van der Waals surface area contributed by atoms with Crippen molar-refractivity contribution in [2.24, 2.45) is 22.7 Å². The number of allylic oxidation sites excluding steroid dienone is 2. The van der Waals surface area contributed by atoms with Crippen LogP contribution in [0.25, 0.3) is 0 Å². The second-order valence-corrected chi connectivity index (χ2v) is 7.79. The molecule has 116 valence electrons. The van der Waals surface area contributed by atoms with E-state index in [1.807, 2.05) is 13.8 Å². The fraction of sp³-hybridized carbons (Fsp3) is 0.824. The number of hydrogen-bond acceptors (Lipinski definition) is 2. The van der Waals surface area contributed by atoms with Gasteiger partial charge in [0.15, 0.2) is 0 Å². The molecule has 20 heavy (non-hydrogen) atoms. The molecule has 0 bridgehead atoms. The van der Waals surface area contributed by atoms with Crippen molar-refractivity contribution in [3.63, 3.8) is 0 Å². The van der Waals surface area contributed by atoms with Gasteiger partial charge >= 0.3 is 0 Å². The van der Waals surface area contributed by atoms with Crippen LogP contribution in [0.4, 0.5) is 0 Å². The van der Waals surface area contributed by atoms with Crippen molar-refractivity contribution in [3.8, 4) is 0 Å². The van der Waals surface area contributed by atoms with Crippen molar-refractivity contribution in [2.45, 2.75) is 54.4 Å². The Labute approximate surface area is 123 Å². The Kier molecular flexibility index (Phi) is 5.42. The fourth-order valence-corrected chi connectivity index (χ4v) is 2.82. The first kappa shape index (κ1) is 17.2. The smallest absolute Gasteiger partial charge is 0.224 e. The highest BCUT2D eigenvalue weighted by molar-refractivity contribution is 5.83. The molecule has 0 aromatic rings. The molecule has 2 atom stereocenters. The minimum Gasteiger partial charge on any atom is -0.396 e. The summed E-state index contributed by atoms with van der Waals surface area (Å²) in [4.78, 5) is 12.2. The average molecular weight is 281 g/mol. The molecule has 3 heteroatoms. The summed E-state index contributed by atoms with van der Waals surface area (Å²) in [6.45, 7) is 13.5. The molecule has 1 amide bonds. The lowest BCUT2D eigenvalue weighted by Gasteiger charge is -2.21. The first-order chi connectivity index (χ1) is 9.12. The van der Waals surface area contributed by atoms with Crippen LogP contribution in [0.15, 0.2) is 11.6 Å². The number of rotatable bonds is 7. The van der Waals surface area contributed by atoms with E-state index in [1.54, 1.807) is 0 Å². The summed E-state index contributed by atoms with van der Waals surface area (Å²) < 4.78 is 0. The van der Waals surface area contributed by atoms with Crippen molar-refractivity contribution in [1.82, 2.24) is 5.32 Å². The molecule has 1 rings (SSSR count). The normalized spacial score (nSPS) is 24.1. The summed E-state index contributed by atoms with van der Waals surface area (Å²) >= 11 is 0. The summed E-state index contributed by atoms with van der Waals surface area (Å²) in [5, 5.41) is 12.2. The molecule has 1 aliphatic rings. The molecule has 2 N–H and O–H groups in total. The summed E-state index contributed by atoms with van der Waals surface area (Å²) in [7, 11) is 0. The molecule has 1 fully saturated rings. The van der Waals surface area contributed by atoms with Crippen molar-refractivity contribution >= 4 is 5.91 Å². The Morgan fingerprint density at radius 2 is 1.95 bits per heavy atom. The maximum atomic E-state index is 12.2. The number of carbonyl (C=O) groups is 1. The van der Waals surface area contributed by atoms with Crippen LogP contribution in [0.2, 0.25) is 0 Å². The van der Waals surface area contributed by atoms with Crippen molar-refractivity contribution in [1.29, 1.82) is 0 Å². The van der Waals surface area contributed by atoms with Crippen molar-refractivity contribution in [3.05, 3.63) is 11.6 Å². The number of amides is 1. The van der Waals surface area contributed by atoms with Gasteiger partial charge in [0.1, 0.15) is 0 Å². The monoisotopic (exact) mass is 281 g/mol. The number of aliphatic hydroxyl groups is 1. The van der Waals surface area contributed by atoms with Crippen LogP contribution in [-0.2, 0) is 4.79 Å². The third-order valence-electron chi connectivity index (χ3n) is 4.46. The first-order valence-corrected chi connectivity index (χ1v) is 7.65. The van der Waals surface area contributed by atoms with Gasteiger partial charge in [0, 0.05) is 13.2 Å². The SMILES string of the molecule is CC(C)=CC1C(C(=O)NCCCC(C)(C)CO)C1(C)C. The van der Waals surface area contributed by atoms with Gasteiger partial charge in [-0.25, -0.2) is 0 Å². The van der Waals surface area contributed by atoms with Crippen LogP contribution < -0.4 is 5.32 Å². The molecule has 0 spiro atoms. The zero-order valence-electron chi connectivity index (χ0n) is 13.9. The molecule has 3 nitrogen and oxygen atoms in total. The number of hydrogen-bond donors (Lipinski definition) is 2. The number of aliphatic hydroxyl groups excluding tert-OH is 1. The van der Waals surface area contributed by atoms with Gasteiger partial charge in [0.2, 0.25) is 5.91 Å². The highest BCUT2D eigenvalue weighted by atomic mass is 16.3. The predicted octanol–water partition coefficient (Wildman–Crippen LogP) is 3.14. The second-order valence-electron chi connectivity index (χ2n) is 7.79. The topological polar surface area (TPSA) is 49.3 Å². The van der Waals surface area contributed by atoms with Gasteiger partial charge in [-0.1, -0.05) is 39.3 Å². The van der Waals surface area contributed by atoms with E-state index in [4.69, 9.17) is 0 Å². The fourth-order valence-electron chi connectivity index (χ4n) is 2.82. The van der Waals surface area contributed by atoms with E-state index in [9.17, 15) is 9.90 Å². The Bertz CT molecular complexity index is 378. The lowest BCUT2D eigenvalue weighted by atomic mass is 9.89. The molecule has 2 unspecified atom stereocenters. The van der Waals surface area contributed by atoms with Gasteiger partial charge in [0.05, 0.1) is 5.92 Å². The Morgan fingerprint density at radius 1 is 1.35 bits per heavy atom. The van der Waals surface area contributed by atoms with Crippen LogP contribution >= 0.6 is 0 Å². The lowest BCUT2D eigenvalue weighted by molar-refractivity contribution is -0.123. The number of carbonyl (C=O) groups excluding carboxylic acids is 1. The maximum absolute atomic E-state index is 12.2. The highest BCUT2D eigenvalue weighted by Crippen LogP contribution is 2.59. The van der Waals surface area contributed by atoms with Gasteiger partial charge in [-0.15, -0.1) is 0 Å². The molecular weight excluding hydrogens is 250 g/mol. The van der Waals surface area contributed by atoms with E-state index in [2.05, 4.69) is 39.1 Å². The molecule has 0 radical (unpaired) electrons. The Balaban J connectivity index is 2.36. The van der Waals surface area contributed by atoms with Gasteiger partial charge in [-0.3, -0.25) is 4.79 Å². The lowest BCUT2D eigenvalue weighted by Crippen LogP contribution is -2.29. The molecule has 1 saturated carbocycles. The summed E-state index contributed by atoms with van der Waals surface area (Å²) in [5.41, 5.74) is 1.32. The van der Waals surface area contributed by atoms with E-state index >= 15 is 0 Å². The Morgan fingerprint density at radius 3 is 2.45 bits per heavy atom. The van der Waals surface area contributed by atoms with E-state index < -0.39 is 0 Å². The van der Waals surface area contributed by atoms with E-state index in [-0.39, 0.29) is 29.3 Å². The largest absolute Gasteiger partial charge is 0.396 e. The zero-order valence-corrected chi connectivity index (χ0v) is 13.9. The van der Waals surface area contributed by atoms with E-state index in [1.165, 1.54) is 5.57 Å². The second kappa shape index (κ2) is 6.30. The maximum Gasteiger partial charge on any atom is 0.224 e. The summed E-state index contributed by atoms with van der Waals surface area (Å²) in [6, 6.07) is 0. The molecular formula is C17H31NO2. The minimum absolute atomic E-state index is 0.0474. The Hall–Kier alpha value is -0.830. The van der Waals surface area contributed by atoms with Gasteiger partial charge < -0.3 is 10.4 Å². The van der Waals surface area contributed by atoms with Crippen molar-refractivity contribution in [2.75, 3.05) is 13.2 Å². The van der Waals surface area contributed by atoms with Gasteiger partial charge in [0.25, 0.3) is 0 Å². The first-order valence-electron chi connectivity index (χ1n) is 7.65. The standard InChI is InChI=1S/C17H31NO2/c1-12(2)10-13-14(17(13,5)6)15(20)18-9-7-8-16(3,4)11-19/h10,13-14,19H,7-9,11H2,1-6H3,(H,18,20). The highest BCUT2D eigenvalue weighted by Gasteiger charge is 2.60. The third kappa shape index (κ3) is 4.34. The van der Waals surface area contributed by atoms with Crippen LogP contribution in [0.3, 0.4) is 0 Å². The molecule has 1 aliphatic carbocycles. The summed E-state index contributed by atoms with van der Waals surface area (Å²) in [5.74, 6) is 0.670. The number of nitrogens with one attached hydrogen (secondary N) is 1. The third-order valence-corrected chi connectivity index (χ3v) is 4.46. The van der Waals surface area contributed by atoms with Crippen LogP contribution in [-0.4, -0.2) is 24.2 Å². The molecule has 0 aromatic carbocycles. The summed E-state index contributed by atoms with van der Waals surface area (Å²) in [6.07, 6.45) is 4.06. The van der Waals surface area contributed by atoms with Crippen LogP contribution in [0, 0.1) is 22.7 Å². The predicted molar refractivity (Wildman–Crippen MR) is 83.3 cm³/mol.